The van der Waals surface area contributed by atoms with Gasteiger partial charge in [-0.15, -0.1) is 0 Å². The largest absolute Gasteiger partial charge is 0.341 e. The van der Waals surface area contributed by atoms with E-state index in [9.17, 15) is 13.2 Å². The standard InChI is InChI=1S/C13H25N3O3S/c1-3-20(18,19)15-11-6-8-16(9-7-11)12(17)13(2,14)10-4-5-10/h10-11,15H,3-9,14H2,1-2H3. The van der Waals surface area contributed by atoms with E-state index >= 15 is 0 Å². The topological polar surface area (TPSA) is 92.5 Å². The maximum Gasteiger partial charge on any atom is 0.242 e. The normalized spacial score (nSPS) is 24.4. The fraction of sp³-hybridized carbons (Fsp3) is 0.923. The molecule has 0 bridgehead atoms. The molecule has 2 rings (SSSR count). The molecule has 1 unspecified atom stereocenters. The SMILES string of the molecule is CCS(=O)(=O)NC1CCN(C(=O)C(C)(N)C2CC2)CC1. The molecule has 1 heterocycles. The molecule has 0 aromatic heterocycles. The Balaban J connectivity index is 1.86. The van der Waals surface area contributed by atoms with Gasteiger partial charge in [-0.2, -0.15) is 0 Å². The van der Waals surface area contributed by atoms with Gasteiger partial charge in [0.25, 0.3) is 0 Å². The summed E-state index contributed by atoms with van der Waals surface area (Å²) in [5.74, 6) is 0.414. The van der Waals surface area contributed by atoms with Crippen molar-refractivity contribution >= 4 is 15.9 Å². The Labute approximate surface area is 121 Å². The first-order valence-corrected chi connectivity index (χ1v) is 8.99. The molecule has 7 heteroatoms. The van der Waals surface area contributed by atoms with Crippen LogP contribution in [0.2, 0.25) is 0 Å². The molecule has 2 fully saturated rings. The maximum atomic E-state index is 12.4. The van der Waals surface area contributed by atoms with E-state index in [2.05, 4.69) is 4.72 Å². The molecule has 2 aliphatic rings. The zero-order valence-electron chi connectivity index (χ0n) is 12.3. The van der Waals surface area contributed by atoms with Gasteiger partial charge >= 0.3 is 0 Å². The molecule has 0 aromatic carbocycles. The van der Waals surface area contributed by atoms with Crippen molar-refractivity contribution in [2.45, 2.75) is 51.1 Å². The van der Waals surface area contributed by atoms with Crippen LogP contribution < -0.4 is 10.5 Å². The monoisotopic (exact) mass is 303 g/mol. The van der Waals surface area contributed by atoms with Gasteiger partial charge in [0.1, 0.15) is 0 Å². The summed E-state index contributed by atoms with van der Waals surface area (Å²) >= 11 is 0. The molecule has 1 aliphatic carbocycles. The molecule has 1 saturated carbocycles. The van der Waals surface area contributed by atoms with E-state index in [0.717, 1.165) is 12.8 Å². The van der Waals surface area contributed by atoms with Crippen molar-refractivity contribution < 1.29 is 13.2 Å². The molecule has 1 atom stereocenters. The third kappa shape index (κ3) is 3.51. The zero-order valence-corrected chi connectivity index (χ0v) is 13.1. The number of hydrogen-bond acceptors (Lipinski definition) is 4. The van der Waals surface area contributed by atoms with E-state index in [0.29, 0.717) is 31.8 Å². The van der Waals surface area contributed by atoms with Crippen LogP contribution in [0.3, 0.4) is 0 Å². The number of amides is 1. The number of piperidine rings is 1. The fourth-order valence-electron chi connectivity index (χ4n) is 2.74. The van der Waals surface area contributed by atoms with Crippen LogP contribution in [-0.4, -0.2) is 49.6 Å². The highest BCUT2D eigenvalue weighted by atomic mass is 32.2. The molecule has 1 amide bonds. The van der Waals surface area contributed by atoms with Gasteiger partial charge in [0.2, 0.25) is 15.9 Å². The average Bonchev–Trinajstić information content (AvgIpc) is 3.23. The second-order valence-electron chi connectivity index (χ2n) is 6.14. The van der Waals surface area contributed by atoms with Gasteiger partial charge in [0.05, 0.1) is 11.3 Å². The summed E-state index contributed by atoms with van der Waals surface area (Å²) in [5.41, 5.74) is 5.40. The lowest BCUT2D eigenvalue weighted by Gasteiger charge is -2.37. The summed E-state index contributed by atoms with van der Waals surface area (Å²) < 4.78 is 25.7. The first-order valence-electron chi connectivity index (χ1n) is 7.34. The van der Waals surface area contributed by atoms with E-state index in [1.807, 2.05) is 6.92 Å². The van der Waals surface area contributed by atoms with Crippen LogP contribution in [0, 0.1) is 5.92 Å². The number of nitrogens with zero attached hydrogens (tertiary/aromatic N) is 1. The molecule has 1 aliphatic heterocycles. The predicted molar refractivity (Wildman–Crippen MR) is 77.5 cm³/mol. The summed E-state index contributed by atoms with van der Waals surface area (Å²) in [6.07, 6.45) is 3.38. The summed E-state index contributed by atoms with van der Waals surface area (Å²) in [6.45, 7) is 4.60. The van der Waals surface area contributed by atoms with Crippen LogP contribution in [0.1, 0.15) is 39.5 Å². The highest BCUT2D eigenvalue weighted by molar-refractivity contribution is 7.89. The minimum absolute atomic E-state index is 0.0109. The van der Waals surface area contributed by atoms with E-state index in [-0.39, 0.29) is 17.7 Å². The third-order valence-corrected chi connectivity index (χ3v) is 5.85. The van der Waals surface area contributed by atoms with E-state index in [1.165, 1.54) is 0 Å². The molecule has 116 valence electrons. The van der Waals surface area contributed by atoms with Crippen LogP contribution in [0.4, 0.5) is 0 Å². The highest BCUT2D eigenvalue weighted by Gasteiger charge is 2.46. The summed E-state index contributed by atoms with van der Waals surface area (Å²) in [5, 5.41) is 0. The van der Waals surface area contributed by atoms with Crippen LogP contribution >= 0.6 is 0 Å². The van der Waals surface area contributed by atoms with Crippen LogP contribution in [0.5, 0.6) is 0 Å². The second-order valence-corrected chi connectivity index (χ2v) is 8.19. The van der Waals surface area contributed by atoms with Crippen molar-refractivity contribution in [1.29, 1.82) is 0 Å². The molecule has 3 N–H and O–H groups in total. The molecule has 0 radical (unpaired) electrons. The molecule has 0 spiro atoms. The first kappa shape index (κ1) is 15.7. The van der Waals surface area contributed by atoms with E-state index in [4.69, 9.17) is 5.73 Å². The Morgan fingerprint density at radius 1 is 1.30 bits per heavy atom. The van der Waals surface area contributed by atoms with Gasteiger partial charge in [-0.3, -0.25) is 4.79 Å². The summed E-state index contributed by atoms with van der Waals surface area (Å²) in [6, 6.07) is -0.0612. The van der Waals surface area contributed by atoms with Crippen LogP contribution in [0.25, 0.3) is 0 Å². The van der Waals surface area contributed by atoms with Crippen molar-refractivity contribution in [2.24, 2.45) is 11.7 Å². The lowest BCUT2D eigenvalue weighted by atomic mass is 9.93. The van der Waals surface area contributed by atoms with Crippen molar-refractivity contribution in [2.75, 3.05) is 18.8 Å². The quantitative estimate of drug-likeness (QED) is 0.750. The maximum absolute atomic E-state index is 12.4. The van der Waals surface area contributed by atoms with Crippen molar-refractivity contribution in [3.63, 3.8) is 0 Å². The number of sulfonamides is 1. The molecular weight excluding hydrogens is 278 g/mol. The average molecular weight is 303 g/mol. The Morgan fingerprint density at radius 3 is 2.30 bits per heavy atom. The Hall–Kier alpha value is -0.660. The van der Waals surface area contributed by atoms with Gasteiger partial charge in [-0.1, -0.05) is 0 Å². The number of nitrogens with two attached hydrogens (primary N) is 1. The van der Waals surface area contributed by atoms with Gasteiger partial charge < -0.3 is 10.6 Å². The van der Waals surface area contributed by atoms with E-state index < -0.39 is 15.6 Å². The van der Waals surface area contributed by atoms with Crippen LogP contribution in [0.15, 0.2) is 0 Å². The molecular formula is C13H25N3O3S. The molecule has 6 nitrogen and oxygen atoms in total. The lowest BCUT2D eigenvalue weighted by molar-refractivity contribution is -0.138. The van der Waals surface area contributed by atoms with Crippen molar-refractivity contribution in [1.82, 2.24) is 9.62 Å². The molecule has 0 aromatic rings. The number of carbonyl (C=O) groups is 1. The van der Waals surface area contributed by atoms with Gasteiger partial charge in [-0.05, 0) is 45.4 Å². The molecule has 1 saturated heterocycles. The minimum Gasteiger partial charge on any atom is -0.341 e. The fourth-order valence-corrected chi connectivity index (χ4v) is 3.65. The number of hydrogen-bond donors (Lipinski definition) is 2. The van der Waals surface area contributed by atoms with Gasteiger partial charge in [-0.25, -0.2) is 13.1 Å². The number of rotatable bonds is 5. The highest BCUT2D eigenvalue weighted by Crippen LogP contribution is 2.39. The summed E-state index contributed by atoms with van der Waals surface area (Å²) in [4.78, 5) is 14.2. The molecule has 20 heavy (non-hydrogen) atoms. The Bertz CT molecular complexity index is 463. The second kappa shape index (κ2) is 5.61. The van der Waals surface area contributed by atoms with Gasteiger partial charge in [0, 0.05) is 19.1 Å². The number of nitrogens with one attached hydrogen (secondary N) is 1. The van der Waals surface area contributed by atoms with Crippen molar-refractivity contribution in [3.05, 3.63) is 0 Å². The van der Waals surface area contributed by atoms with Crippen LogP contribution in [-0.2, 0) is 14.8 Å². The lowest BCUT2D eigenvalue weighted by Crippen LogP contribution is -2.57. The first-order chi connectivity index (χ1) is 9.26. The van der Waals surface area contributed by atoms with Gasteiger partial charge in [0.15, 0.2) is 0 Å². The minimum atomic E-state index is -3.17. The number of carbonyl (C=O) groups excluding carboxylic acids is 1. The smallest absolute Gasteiger partial charge is 0.242 e. The van der Waals surface area contributed by atoms with Crippen molar-refractivity contribution in [3.8, 4) is 0 Å². The predicted octanol–water partition coefficient (Wildman–Crippen LogP) is 0.0441. The third-order valence-electron chi connectivity index (χ3n) is 4.39. The zero-order chi connectivity index (χ0) is 15.0. The Morgan fingerprint density at radius 2 is 1.85 bits per heavy atom. The Kier molecular flexibility index (Phi) is 4.41. The summed E-state index contributed by atoms with van der Waals surface area (Å²) in [7, 11) is -3.17. The number of likely N-dealkylation sites (tertiary alicyclic amines) is 1. The van der Waals surface area contributed by atoms with E-state index in [1.54, 1.807) is 11.8 Å².